The maximum atomic E-state index is 8.22. The van der Waals surface area contributed by atoms with Crippen molar-refractivity contribution >= 4 is 0 Å². The molecular formula is C8H12N2. The van der Waals surface area contributed by atoms with Gasteiger partial charge in [-0.05, 0) is 7.05 Å². The molecule has 0 aliphatic rings. The molecular weight excluding hydrogens is 124 g/mol. The van der Waals surface area contributed by atoms with E-state index in [1.165, 1.54) is 0 Å². The minimum Gasteiger partial charge on any atom is -0.304 e. The van der Waals surface area contributed by atoms with Crippen molar-refractivity contribution in [3.05, 3.63) is 0 Å². The Bertz CT molecular complexity index is 132. The van der Waals surface area contributed by atoms with Gasteiger partial charge in [-0.1, -0.05) is 0 Å². The highest BCUT2D eigenvalue weighted by Crippen LogP contribution is 1.87. The molecule has 0 fully saturated rings. The summed E-state index contributed by atoms with van der Waals surface area (Å²) in [5, 5.41) is 8.22. The summed E-state index contributed by atoms with van der Waals surface area (Å²) in [4.78, 5) is 2.06. The highest BCUT2D eigenvalue weighted by molar-refractivity contribution is 4.84. The van der Waals surface area contributed by atoms with Crippen molar-refractivity contribution < 1.29 is 0 Å². The second-order valence-electron chi connectivity index (χ2n) is 2.17. The molecule has 0 radical (unpaired) electrons. The van der Waals surface area contributed by atoms with Crippen LogP contribution in [-0.2, 0) is 0 Å². The first-order valence-electron chi connectivity index (χ1n) is 3.30. The molecule has 0 heterocycles. The Hall–Kier alpha value is -0.990. The smallest absolute Gasteiger partial charge is 0.0635 e. The van der Waals surface area contributed by atoms with Crippen LogP contribution < -0.4 is 0 Å². The quantitative estimate of drug-likeness (QED) is 0.536. The van der Waals surface area contributed by atoms with Crippen LogP contribution in [0.3, 0.4) is 0 Å². The molecule has 0 N–H and O–H groups in total. The summed E-state index contributed by atoms with van der Waals surface area (Å²) in [5.41, 5.74) is 0. The number of nitrogens with zero attached hydrogens (tertiary/aromatic N) is 2. The summed E-state index contributed by atoms with van der Waals surface area (Å²) >= 11 is 0. The van der Waals surface area contributed by atoms with E-state index >= 15 is 0 Å². The van der Waals surface area contributed by atoms with Gasteiger partial charge in [0.2, 0.25) is 0 Å². The molecule has 54 valence electrons. The molecule has 0 atom stereocenters. The van der Waals surface area contributed by atoms with Crippen LogP contribution in [0.4, 0.5) is 0 Å². The summed E-state index contributed by atoms with van der Waals surface area (Å²) in [7, 11) is 1.97. The third-order valence-electron chi connectivity index (χ3n) is 1.24. The molecule has 0 saturated heterocycles. The predicted molar refractivity (Wildman–Crippen MR) is 41.2 cm³/mol. The SMILES string of the molecule is C#CCCN(C)CCC#N. The van der Waals surface area contributed by atoms with Crippen molar-refractivity contribution in [2.75, 3.05) is 20.1 Å². The van der Waals surface area contributed by atoms with Gasteiger partial charge in [0, 0.05) is 25.9 Å². The van der Waals surface area contributed by atoms with Crippen molar-refractivity contribution in [1.82, 2.24) is 4.90 Å². The van der Waals surface area contributed by atoms with E-state index in [-0.39, 0.29) is 0 Å². The van der Waals surface area contributed by atoms with Gasteiger partial charge in [-0.15, -0.1) is 12.3 Å². The average molecular weight is 136 g/mol. The topological polar surface area (TPSA) is 27.0 Å². The van der Waals surface area contributed by atoms with Crippen molar-refractivity contribution in [3.8, 4) is 18.4 Å². The molecule has 0 aromatic heterocycles. The highest BCUT2D eigenvalue weighted by Gasteiger charge is 1.93. The summed E-state index contributed by atoms with van der Waals surface area (Å²) < 4.78 is 0. The summed E-state index contributed by atoms with van der Waals surface area (Å²) in [6, 6.07) is 2.08. The highest BCUT2D eigenvalue weighted by atomic mass is 15.1. The van der Waals surface area contributed by atoms with Crippen LogP contribution in [0.2, 0.25) is 0 Å². The van der Waals surface area contributed by atoms with E-state index in [9.17, 15) is 0 Å². The third kappa shape index (κ3) is 5.15. The van der Waals surface area contributed by atoms with Gasteiger partial charge in [0.15, 0.2) is 0 Å². The second-order valence-corrected chi connectivity index (χ2v) is 2.17. The Morgan fingerprint density at radius 1 is 1.40 bits per heavy atom. The van der Waals surface area contributed by atoms with Crippen molar-refractivity contribution in [2.45, 2.75) is 12.8 Å². The molecule has 0 amide bonds. The van der Waals surface area contributed by atoms with Crippen LogP contribution in [0.25, 0.3) is 0 Å². The number of hydrogen-bond acceptors (Lipinski definition) is 2. The van der Waals surface area contributed by atoms with Gasteiger partial charge in [0.1, 0.15) is 0 Å². The maximum absolute atomic E-state index is 8.22. The molecule has 0 aliphatic heterocycles. The van der Waals surface area contributed by atoms with E-state index in [2.05, 4.69) is 16.9 Å². The lowest BCUT2D eigenvalue weighted by molar-refractivity contribution is 0.351. The molecule has 0 unspecified atom stereocenters. The Balaban J connectivity index is 3.20. The monoisotopic (exact) mass is 136 g/mol. The minimum atomic E-state index is 0.584. The largest absolute Gasteiger partial charge is 0.304 e. The van der Waals surface area contributed by atoms with Crippen LogP contribution in [-0.4, -0.2) is 25.0 Å². The number of nitriles is 1. The molecule has 0 rings (SSSR count). The van der Waals surface area contributed by atoms with E-state index in [4.69, 9.17) is 11.7 Å². The van der Waals surface area contributed by atoms with Gasteiger partial charge in [0.05, 0.1) is 6.07 Å². The number of terminal acetylenes is 1. The van der Waals surface area contributed by atoms with Gasteiger partial charge < -0.3 is 4.90 Å². The molecule has 0 saturated carbocycles. The first-order chi connectivity index (χ1) is 4.81. The van der Waals surface area contributed by atoms with E-state index in [0.29, 0.717) is 6.42 Å². The number of hydrogen-bond donors (Lipinski definition) is 0. The lowest BCUT2D eigenvalue weighted by Crippen LogP contribution is -2.20. The molecule has 0 aliphatic carbocycles. The van der Waals surface area contributed by atoms with Crippen LogP contribution in [0, 0.1) is 23.7 Å². The fourth-order valence-corrected chi connectivity index (χ4v) is 0.608. The predicted octanol–water partition coefficient (Wildman–Crippen LogP) is 0.855. The zero-order valence-electron chi connectivity index (χ0n) is 6.30. The first kappa shape index (κ1) is 9.01. The molecule has 2 heteroatoms. The van der Waals surface area contributed by atoms with Crippen LogP contribution in [0.15, 0.2) is 0 Å². The Morgan fingerprint density at radius 3 is 2.50 bits per heavy atom. The van der Waals surface area contributed by atoms with Gasteiger partial charge in [0.25, 0.3) is 0 Å². The lowest BCUT2D eigenvalue weighted by atomic mass is 10.4. The molecule has 0 spiro atoms. The first-order valence-corrected chi connectivity index (χ1v) is 3.30. The standard InChI is InChI=1S/C8H12N2/c1-3-4-7-10(2)8-5-6-9/h1H,4-5,7-8H2,2H3. The average Bonchev–Trinajstić information content (AvgIpc) is 1.97. The molecule has 0 bridgehead atoms. The fourth-order valence-electron chi connectivity index (χ4n) is 0.608. The van der Waals surface area contributed by atoms with Crippen LogP contribution in [0.1, 0.15) is 12.8 Å². The van der Waals surface area contributed by atoms with Gasteiger partial charge >= 0.3 is 0 Å². The van der Waals surface area contributed by atoms with E-state index in [1.54, 1.807) is 0 Å². The van der Waals surface area contributed by atoms with E-state index in [0.717, 1.165) is 19.5 Å². The Kier molecular flexibility index (Phi) is 5.53. The van der Waals surface area contributed by atoms with E-state index in [1.807, 2.05) is 7.05 Å². The second kappa shape index (κ2) is 6.13. The fraction of sp³-hybridized carbons (Fsp3) is 0.625. The van der Waals surface area contributed by atoms with Crippen LogP contribution >= 0.6 is 0 Å². The molecule has 2 nitrogen and oxygen atoms in total. The molecule has 10 heavy (non-hydrogen) atoms. The number of rotatable bonds is 4. The van der Waals surface area contributed by atoms with E-state index < -0.39 is 0 Å². The van der Waals surface area contributed by atoms with Crippen LogP contribution in [0.5, 0.6) is 0 Å². The zero-order valence-corrected chi connectivity index (χ0v) is 6.30. The van der Waals surface area contributed by atoms with Gasteiger partial charge in [-0.2, -0.15) is 5.26 Å². The van der Waals surface area contributed by atoms with Crippen molar-refractivity contribution in [2.24, 2.45) is 0 Å². The maximum Gasteiger partial charge on any atom is 0.0635 e. The third-order valence-corrected chi connectivity index (χ3v) is 1.24. The normalized spacial score (nSPS) is 8.80. The summed E-state index contributed by atoms with van der Waals surface area (Å²) in [6.07, 6.45) is 6.41. The lowest BCUT2D eigenvalue weighted by Gasteiger charge is -2.11. The zero-order chi connectivity index (χ0) is 7.82. The molecule has 0 aromatic carbocycles. The summed E-state index contributed by atoms with van der Waals surface area (Å²) in [5.74, 6) is 2.55. The van der Waals surface area contributed by atoms with Gasteiger partial charge in [-0.3, -0.25) is 0 Å². The Morgan fingerprint density at radius 2 is 2.00 bits per heavy atom. The Labute approximate surface area is 62.4 Å². The minimum absolute atomic E-state index is 0.584. The van der Waals surface area contributed by atoms with Crippen molar-refractivity contribution in [1.29, 1.82) is 5.26 Å². The summed E-state index contributed by atoms with van der Waals surface area (Å²) in [6.45, 7) is 1.70. The molecule has 0 aromatic rings. The van der Waals surface area contributed by atoms with Crippen molar-refractivity contribution in [3.63, 3.8) is 0 Å². The van der Waals surface area contributed by atoms with Gasteiger partial charge in [-0.25, -0.2) is 0 Å².